The van der Waals surface area contributed by atoms with Crippen molar-refractivity contribution in [3.8, 4) is 17.3 Å². The first kappa shape index (κ1) is 22.4. The minimum Gasteiger partial charge on any atom is -0.493 e. The molecule has 33 heavy (non-hydrogen) atoms. The third kappa shape index (κ3) is 5.02. The molecule has 8 nitrogen and oxygen atoms in total. The first-order chi connectivity index (χ1) is 15.7. The molecule has 0 aliphatic carbocycles. The van der Waals surface area contributed by atoms with E-state index in [1.165, 1.54) is 35.3 Å². The monoisotopic (exact) mass is 462 g/mol. The number of alkyl halides is 3. The molecule has 1 aromatic carbocycles. The fourth-order valence-electron chi connectivity index (χ4n) is 3.84. The molecule has 0 spiro atoms. The minimum atomic E-state index is -4.84. The molecule has 0 radical (unpaired) electrons. The second-order valence-corrected chi connectivity index (χ2v) is 7.66. The molecule has 0 unspecified atom stereocenters. The molecule has 3 heterocycles. The van der Waals surface area contributed by atoms with Crippen molar-refractivity contribution in [2.24, 2.45) is 0 Å². The van der Waals surface area contributed by atoms with Crippen LogP contribution < -0.4 is 10.4 Å². The van der Waals surface area contributed by atoms with Crippen LogP contribution in [0.25, 0.3) is 5.69 Å². The molecule has 11 heteroatoms. The highest BCUT2D eigenvalue weighted by Gasteiger charge is 2.31. The van der Waals surface area contributed by atoms with E-state index < -0.39 is 23.7 Å². The van der Waals surface area contributed by atoms with Crippen LogP contribution in [0.3, 0.4) is 0 Å². The topological polar surface area (TPSA) is 89.6 Å². The summed E-state index contributed by atoms with van der Waals surface area (Å²) in [5, 5.41) is 10.3. The van der Waals surface area contributed by atoms with Gasteiger partial charge in [0, 0.05) is 25.5 Å². The van der Waals surface area contributed by atoms with Gasteiger partial charge in [0.1, 0.15) is 5.75 Å². The van der Waals surface area contributed by atoms with Crippen LogP contribution in [0.1, 0.15) is 35.2 Å². The number of hydrogen-bond donors (Lipinski definition) is 1. The summed E-state index contributed by atoms with van der Waals surface area (Å²) in [6.45, 7) is 1.34. The number of rotatable bonds is 5. The van der Waals surface area contributed by atoms with Crippen LogP contribution in [0.5, 0.6) is 11.6 Å². The Morgan fingerprint density at radius 3 is 2.45 bits per heavy atom. The Morgan fingerprint density at radius 2 is 1.79 bits per heavy atom. The SMILES string of the molecule is O=C(c1cnccc1Cn1cc(O)n(-c2ccc(OC(F)(F)F)cc2)c1=O)N1CCCCC1. The lowest BCUT2D eigenvalue weighted by Gasteiger charge is -2.27. The summed E-state index contributed by atoms with van der Waals surface area (Å²) in [5.41, 5.74) is 0.483. The molecule has 1 amide bonds. The van der Waals surface area contributed by atoms with Crippen molar-refractivity contribution < 1.29 is 27.8 Å². The van der Waals surface area contributed by atoms with Gasteiger partial charge in [0.05, 0.1) is 24.0 Å². The number of carbonyl (C=O) groups is 1. The highest BCUT2D eigenvalue weighted by molar-refractivity contribution is 5.95. The van der Waals surface area contributed by atoms with Crippen molar-refractivity contribution >= 4 is 5.91 Å². The van der Waals surface area contributed by atoms with Crippen LogP contribution in [0.2, 0.25) is 0 Å². The number of hydrogen-bond acceptors (Lipinski definition) is 5. The van der Waals surface area contributed by atoms with Gasteiger partial charge in [0.25, 0.3) is 5.91 Å². The van der Waals surface area contributed by atoms with Crippen molar-refractivity contribution in [3.63, 3.8) is 0 Å². The fourth-order valence-corrected chi connectivity index (χ4v) is 3.84. The van der Waals surface area contributed by atoms with Crippen LogP contribution in [0.15, 0.2) is 53.7 Å². The molecule has 1 saturated heterocycles. The number of aromatic nitrogens is 3. The van der Waals surface area contributed by atoms with E-state index in [-0.39, 0.29) is 18.1 Å². The first-order valence-electron chi connectivity index (χ1n) is 10.3. The maximum Gasteiger partial charge on any atom is 0.573 e. The van der Waals surface area contributed by atoms with Gasteiger partial charge < -0.3 is 14.7 Å². The number of nitrogens with zero attached hydrogens (tertiary/aromatic N) is 4. The summed E-state index contributed by atoms with van der Waals surface area (Å²) in [4.78, 5) is 31.7. The Hall–Kier alpha value is -3.76. The van der Waals surface area contributed by atoms with E-state index >= 15 is 0 Å². The highest BCUT2D eigenvalue weighted by Crippen LogP contribution is 2.25. The van der Waals surface area contributed by atoms with Gasteiger partial charge in [0.15, 0.2) is 0 Å². The number of imidazole rings is 1. The minimum absolute atomic E-state index is 0.00605. The largest absolute Gasteiger partial charge is 0.573 e. The summed E-state index contributed by atoms with van der Waals surface area (Å²) in [7, 11) is 0. The summed E-state index contributed by atoms with van der Waals surface area (Å²) in [6.07, 6.45) is 2.30. The van der Waals surface area contributed by atoms with E-state index in [9.17, 15) is 27.9 Å². The zero-order valence-corrected chi connectivity index (χ0v) is 17.5. The third-order valence-electron chi connectivity index (χ3n) is 5.39. The van der Waals surface area contributed by atoms with Crippen molar-refractivity contribution in [2.75, 3.05) is 13.1 Å². The number of carbonyl (C=O) groups excluding carboxylic acids is 1. The average Bonchev–Trinajstić information content (AvgIpc) is 3.06. The third-order valence-corrected chi connectivity index (χ3v) is 5.39. The number of likely N-dealkylation sites (tertiary alicyclic amines) is 1. The lowest BCUT2D eigenvalue weighted by atomic mass is 10.1. The molecule has 2 aromatic heterocycles. The molecule has 1 fully saturated rings. The summed E-state index contributed by atoms with van der Waals surface area (Å²) in [5.74, 6) is -1.01. The molecule has 1 aliphatic heterocycles. The van der Waals surface area contributed by atoms with Gasteiger partial charge in [-0.2, -0.15) is 0 Å². The number of halogens is 3. The summed E-state index contributed by atoms with van der Waals surface area (Å²) >= 11 is 0. The standard InChI is InChI=1S/C22H21F3N4O4/c23-22(24,25)33-17-6-4-16(5-7-17)29-19(30)14-28(21(29)32)13-15-8-9-26-12-18(15)20(31)27-10-2-1-3-11-27/h4-9,12,14,30H,1-3,10-11,13H2. The van der Waals surface area contributed by atoms with Crippen LogP contribution in [-0.2, 0) is 6.54 Å². The van der Waals surface area contributed by atoms with Crippen LogP contribution in [-0.4, -0.2) is 49.5 Å². The molecule has 1 N–H and O–H groups in total. The molecule has 0 saturated carbocycles. The molecule has 174 valence electrons. The first-order valence-corrected chi connectivity index (χ1v) is 10.3. The van der Waals surface area contributed by atoms with Crippen molar-refractivity contribution in [2.45, 2.75) is 32.2 Å². The zero-order valence-electron chi connectivity index (χ0n) is 17.5. The normalized spacial score (nSPS) is 14.3. The molecule has 1 aliphatic rings. The second-order valence-electron chi connectivity index (χ2n) is 7.66. The second kappa shape index (κ2) is 9.00. The van der Waals surface area contributed by atoms with E-state index in [0.29, 0.717) is 24.2 Å². The zero-order chi connectivity index (χ0) is 23.6. The number of benzene rings is 1. The van der Waals surface area contributed by atoms with Gasteiger partial charge in [-0.25, -0.2) is 9.36 Å². The van der Waals surface area contributed by atoms with Gasteiger partial charge in [0.2, 0.25) is 5.88 Å². The number of ether oxygens (including phenoxy) is 1. The Morgan fingerprint density at radius 1 is 1.09 bits per heavy atom. The molecular weight excluding hydrogens is 441 g/mol. The smallest absolute Gasteiger partial charge is 0.493 e. The van der Waals surface area contributed by atoms with Crippen molar-refractivity contribution in [1.29, 1.82) is 0 Å². The predicted octanol–water partition coefficient (Wildman–Crippen LogP) is 3.31. The van der Waals surface area contributed by atoms with E-state index in [1.807, 2.05) is 0 Å². The van der Waals surface area contributed by atoms with Crippen molar-refractivity contribution in [3.05, 3.63) is 70.5 Å². The summed E-state index contributed by atoms with van der Waals surface area (Å²) < 4.78 is 43.1. The quantitative estimate of drug-likeness (QED) is 0.629. The number of aromatic hydroxyl groups is 1. The fraction of sp³-hybridized carbons (Fsp3) is 0.318. The molecule has 0 atom stereocenters. The van der Waals surface area contributed by atoms with Crippen LogP contribution in [0.4, 0.5) is 13.2 Å². The lowest BCUT2D eigenvalue weighted by molar-refractivity contribution is -0.274. The van der Waals surface area contributed by atoms with Gasteiger partial charge in [-0.15, -0.1) is 13.2 Å². The average molecular weight is 462 g/mol. The van der Waals surface area contributed by atoms with Crippen LogP contribution >= 0.6 is 0 Å². The van der Waals surface area contributed by atoms with E-state index in [2.05, 4.69) is 9.72 Å². The summed E-state index contributed by atoms with van der Waals surface area (Å²) in [6, 6.07) is 6.18. The van der Waals surface area contributed by atoms with Gasteiger partial charge in [-0.3, -0.25) is 14.3 Å². The maximum atomic E-state index is 13.0. The van der Waals surface area contributed by atoms with Gasteiger partial charge in [-0.1, -0.05) is 0 Å². The lowest BCUT2D eigenvalue weighted by Crippen LogP contribution is -2.36. The molecule has 4 rings (SSSR count). The molecule has 0 bridgehead atoms. The molecular formula is C22H21F3N4O4. The Balaban J connectivity index is 1.60. The number of piperidine rings is 1. The number of pyridine rings is 1. The van der Waals surface area contributed by atoms with E-state index in [1.54, 1.807) is 11.0 Å². The van der Waals surface area contributed by atoms with Gasteiger partial charge in [-0.05, 0) is 55.2 Å². The predicted molar refractivity (Wildman–Crippen MR) is 111 cm³/mol. The van der Waals surface area contributed by atoms with E-state index in [4.69, 9.17) is 0 Å². The van der Waals surface area contributed by atoms with Gasteiger partial charge >= 0.3 is 12.1 Å². The number of amides is 1. The highest BCUT2D eigenvalue weighted by atomic mass is 19.4. The Kier molecular flexibility index (Phi) is 6.12. The van der Waals surface area contributed by atoms with Crippen molar-refractivity contribution in [1.82, 2.24) is 19.0 Å². The van der Waals surface area contributed by atoms with E-state index in [0.717, 1.165) is 36.0 Å². The maximum absolute atomic E-state index is 13.0. The Labute approximate surface area is 186 Å². The molecule has 3 aromatic rings. The van der Waals surface area contributed by atoms with Crippen LogP contribution in [0, 0.1) is 0 Å². The Bertz CT molecular complexity index is 1200.